The number of anilines is 1. The van der Waals surface area contributed by atoms with Crippen LogP contribution in [-0.2, 0) is 18.4 Å². The summed E-state index contributed by atoms with van der Waals surface area (Å²) in [6, 6.07) is 11.6. The number of nitrogens with zero attached hydrogens (tertiary/aromatic N) is 5. The fraction of sp³-hybridized carbons (Fsp3) is 0.400. The van der Waals surface area contributed by atoms with Gasteiger partial charge in [-0.1, -0.05) is 12.1 Å². The van der Waals surface area contributed by atoms with E-state index < -0.39 is 0 Å². The molecule has 146 valence electrons. The molecule has 1 N–H and O–H groups in total. The summed E-state index contributed by atoms with van der Waals surface area (Å²) in [7, 11) is 3.54. The topological polar surface area (TPSA) is 85.2 Å². The maximum absolute atomic E-state index is 12.7. The highest BCUT2D eigenvalue weighted by Gasteiger charge is 2.27. The number of amides is 1. The van der Waals surface area contributed by atoms with Gasteiger partial charge in [0.25, 0.3) is 0 Å². The van der Waals surface area contributed by atoms with Crippen molar-refractivity contribution in [1.82, 2.24) is 25.1 Å². The number of hydrogen-bond acceptors (Lipinski definition) is 6. The molecule has 1 saturated heterocycles. The lowest BCUT2D eigenvalue weighted by molar-refractivity contribution is -0.125. The summed E-state index contributed by atoms with van der Waals surface area (Å²) in [6.07, 6.45) is 1.81. The standard InChI is InChI=1S/C20H24N6O2/c1-25-16-8-4-3-7-15(16)22-18(25)12-21-20(27)14-6-5-11-26(13-14)17-9-10-19(28-2)24-23-17/h3-4,7-10,14H,5-6,11-13H2,1-2H3,(H,21,27)/t14-/m0/s1. The van der Waals surface area contributed by atoms with Crippen LogP contribution in [0.1, 0.15) is 18.7 Å². The van der Waals surface area contributed by atoms with Gasteiger partial charge >= 0.3 is 0 Å². The molecule has 0 aliphatic carbocycles. The van der Waals surface area contributed by atoms with E-state index in [1.165, 1.54) is 0 Å². The predicted octanol–water partition coefficient (Wildman–Crippen LogP) is 1.90. The molecule has 1 aromatic carbocycles. The van der Waals surface area contributed by atoms with Crippen LogP contribution in [0.5, 0.6) is 5.88 Å². The molecule has 0 bridgehead atoms. The lowest BCUT2D eigenvalue weighted by Gasteiger charge is -2.32. The quantitative estimate of drug-likeness (QED) is 0.728. The first-order chi connectivity index (χ1) is 13.7. The number of hydrogen-bond donors (Lipinski definition) is 1. The van der Waals surface area contributed by atoms with Gasteiger partial charge in [0, 0.05) is 26.2 Å². The number of carbonyl (C=O) groups is 1. The van der Waals surface area contributed by atoms with Crippen LogP contribution in [0.15, 0.2) is 36.4 Å². The highest BCUT2D eigenvalue weighted by atomic mass is 16.5. The van der Waals surface area contributed by atoms with E-state index in [4.69, 9.17) is 4.74 Å². The molecule has 28 heavy (non-hydrogen) atoms. The number of aryl methyl sites for hydroxylation is 1. The third kappa shape index (κ3) is 3.62. The Morgan fingerprint density at radius 3 is 2.86 bits per heavy atom. The van der Waals surface area contributed by atoms with Crippen molar-refractivity contribution in [3.63, 3.8) is 0 Å². The Bertz CT molecular complexity index is 968. The molecule has 0 spiro atoms. The first-order valence-electron chi connectivity index (χ1n) is 9.46. The maximum Gasteiger partial charge on any atom is 0.233 e. The van der Waals surface area contributed by atoms with E-state index in [2.05, 4.69) is 25.4 Å². The first-order valence-corrected chi connectivity index (χ1v) is 9.46. The number of ether oxygens (including phenoxy) is 1. The number of aromatic nitrogens is 4. The van der Waals surface area contributed by atoms with Crippen molar-refractivity contribution in [2.24, 2.45) is 13.0 Å². The number of fused-ring (bicyclic) bond motifs is 1. The number of rotatable bonds is 5. The third-order valence-corrected chi connectivity index (χ3v) is 5.25. The zero-order valence-electron chi connectivity index (χ0n) is 16.1. The van der Waals surface area contributed by atoms with Gasteiger partial charge in [0.15, 0.2) is 5.82 Å². The summed E-state index contributed by atoms with van der Waals surface area (Å²) in [4.78, 5) is 19.5. The molecule has 8 heteroatoms. The minimum atomic E-state index is -0.0765. The zero-order valence-corrected chi connectivity index (χ0v) is 16.1. The third-order valence-electron chi connectivity index (χ3n) is 5.25. The number of imidazole rings is 1. The van der Waals surface area contributed by atoms with E-state index in [1.807, 2.05) is 41.9 Å². The highest BCUT2D eigenvalue weighted by Crippen LogP contribution is 2.22. The molecule has 0 saturated carbocycles. The molecule has 1 amide bonds. The molecule has 4 rings (SSSR count). The number of para-hydroxylation sites is 2. The van der Waals surface area contributed by atoms with Gasteiger partial charge < -0.3 is 19.5 Å². The van der Waals surface area contributed by atoms with E-state index in [0.717, 1.165) is 42.1 Å². The number of benzene rings is 1. The van der Waals surface area contributed by atoms with Crippen molar-refractivity contribution < 1.29 is 9.53 Å². The molecular formula is C20H24N6O2. The molecule has 0 unspecified atom stereocenters. The van der Waals surface area contributed by atoms with Crippen molar-refractivity contribution in [2.45, 2.75) is 19.4 Å². The minimum absolute atomic E-state index is 0.0539. The Labute approximate surface area is 163 Å². The smallest absolute Gasteiger partial charge is 0.233 e. The molecular weight excluding hydrogens is 356 g/mol. The Morgan fingerprint density at radius 1 is 1.25 bits per heavy atom. The zero-order chi connectivity index (χ0) is 19.5. The van der Waals surface area contributed by atoms with Gasteiger partial charge in [0.1, 0.15) is 5.82 Å². The molecule has 2 aromatic heterocycles. The lowest BCUT2D eigenvalue weighted by Crippen LogP contribution is -2.43. The summed E-state index contributed by atoms with van der Waals surface area (Å²) in [5.74, 6) is 2.08. The van der Waals surface area contributed by atoms with Crippen LogP contribution >= 0.6 is 0 Å². The second-order valence-corrected chi connectivity index (χ2v) is 7.01. The average molecular weight is 380 g/mol. The molecule has 8 nitrogen and oxygen atoms in total. The fourth-order valence-corrected chi connectivity index (χ4v) is 3.65. The van der Waals surface area contributed by atoms with Gasteiger partial charge in [-0.05, 0) is 31.0 Å². The lowest BCUT2D eigenvalue weighted by atomic mass is 9.97. The summed E-state index contributed by atoms with van der Waals surface area (Å²) in [5, 5.41) is 11.3. The SMILES string of the molecule is COc1ccc(N2CCC[C@H](C(=O)NCc3nc4ccccc4n3C)C2)nn1. The molecule has 0 radical (unpaired) electrons. The summed E-state index contributed by atoms with van der Waals surface area (Å²) in [6.45, 7) is 1.92. The van der Waals surface area contributed by atoms with Crippen LogP contribution in [-0.4, -0.2) is 45.9 Å². The minimum Gasteiger partial charge on any atom is -0.480 e. The Kier molecular flexibility index (Phi) is 5.10. The number of nitrogens with one attached hydrogen (secondary N) is 1. The van der Waals surface area contributed by atoms with Crippen LogP contribution in [0.4, 0.5) is 5.82 Å². The van der Waals surface area contributed by atoms with Crippen molar-refractivity contribution >= 4 is 22.8 Å². The van der Waals surface area contributed by atoms with Crippen LogP contribution < -0.4 is 15.0 Å². The van der Waals surface area contributed by atoms with Crippen LogP contribution in [0.2, 0.25) is 0 Å². The van der Waals surface area contributed by atoms with Gasteiger partial charge in [-0.2, -0.15) is 0 Å². The largest absolute Gasteiger partial charge is 0.480 e. The second kappa shape index (κ2) is 7.84. The van der Waals surface area contributed by atoms with Gasteiger partial charge in [-0.25, -0.2) is 4.98 Å². The highest BCUT2D eigenvalue weighted by molar-refractivity contribution is 5.80. The average Bonchev–Trinajstić information content (AvgIpc) is 3.08. The van der Waals surface area contributed by atoms with E-state index in [1.54, 1.807) is 13.2 Å². The molecule has 1 aliphatic heterocycles. The predicted molar refractivity (Wildman–Crippen MR) is 106 cm³/mol. The molecule has 1 atom stereocenters. The van der Waals surface area contributed by atoms with Crippen LogP contribution in [0.3, 0.4) is 0 Å². The van der Waals surface area contributed by atoms with E-state index in [-0.39, 0.29) is 11.8 Å². The number of piperidine rings is 1. The summed E-state index contributed by atoms with van der Waals surface area (Å²) in [5.41, 5.74) is 2.00. The van der Waals surface area contributed by atoms with Crippen molar-refractivity contribution in [3.05, 3.63) is 42.2 Å². The van der Waals surface area contributed by atoms with Gasteiger partial charge in [0.2, 0.25) is 11.8 Å². The summed E-state index contributed by atoms with van der Waals surface area (Å²) < 4.78 is 7.08. The second-order valence-electron chi connectivity index (χ2n) is 7.01. The van der Waals surface area contributed by atoms with E-state index in [9.17, 15) is 4.79 Å². The Balaban J connectivity index is 1.39. The Hall–Kier alpha value is -3.16. The van der Waals surface area contributed by atoms with E-state index in [0.29, 0.717) is 19.0 Å². The maximum atomic E-state index is 12.7. The van der Waals surface area contributed by atoms with Gasteiger partial charge in [-0.3, -0.25) is 4.79 Å². The van der Waals surface area contributed by atoms with Crippen molar-refractivity contribution in [1.29, 1.82) is 0 Å². The Morgan fingerprint density at radius 2 is 2.11 bits per heavy atom. The van der Waals surface area contributed by atoms with Crippen LogP contribution in [0.25, 0.3) is 11.0 Å². The fourth-order valence-electron chi connectivity index (χ4n) is 3.65. The summed E-state index contributed by atoms with van der Waals surface area (Å²) >= 11 is 0. The molecule has 3 aromatic rings. The molecule has 3 heterocycles. The monoisotopic (exact) mass is 380 g/mol. The normalized spacial score (nSPS) is 16.9. The number of carbonyl (C=O) groups excluding carboxylic acids is 1. The molecule has 1 fully saturated rings. The van der Waals surface area contributed by atoms with Crippen LogP contribution in [0, 0.1) is 5.92 Å². The van der Waals surface area contributed by atoms with Crippen molar-refractivity contribution in [2.75, 3.05) is 25.1 Å². The molecule has 1 aliphatic rings. The number of methoxy groups -OCH3 is 1. The first kappa shape index (κ1) is 18.2. The van der Waals surface area contributed by atoms with Gasteiger partial charge in [0.05, 0.1) is 30.6 Å². The van der Waals surface area contributed by atoms with Gasteiger partial charge in [-0.15, -0.1) is 10.2 Å². The van der Waals surface area contributed by atoms with E-state index >= 15 is 0 Å². The van der Waals surface area contributed by atoms with Crippen molar-refractivity contribution in [3.8, 4) is 5.88 Å².